The van der Waals surface area contributed by atoms with Crippen LogP contribution in [0.1, 0.15) is 42.5 Å². The predicted molar refractivity (Wildman–Crippen MR) is 86.3 cm³/mol. The zero-order valence-electron chi connectivity index (χ0n) is 12.4. The lowest BCUT2D eigenvalue weighted by atomic mass is 9.83. The van der Waals surface area contributed by atoms with Crippen LogP contribution < -0.4 is 5.32 Å². The van der Waals surface area contributed by atoms with Crippen molar-refractivity contribution in [3.8, 4) is 0 Å². The Kier molecular flexibility index (Phi) is 6.09. The minimum atomic E-state index is -0.646. The van der Waals surface area contributed by atoms with E-state index in [0.29, 0.717) is 10.0 Å². The van der Waals surface area contributed by atoms with Crippen molar-refractivity contribution in [2.45, 2.75) is 38.1 Å². The van der Waals surface area contributed by atoms with E-state index in [-0.39, 0.29) is 11.5 Å². The highest BCUT2D eigenvalue weighted by atomic mass is 35.5. The number of ether oxygens (including phenoxy) is 1. The number of hydrogen-bond donors (Lipinski definition) is 1. The minimum absolute atomic E-state index is 0.100. The number of halogens is 2. The van der Waals surface area contributed by atoms with Gasteiger partial charge in [0.1, 0.15) is 6.04 Å². The van der Waals surface area contributed by atoms with Crippen LogP contribution in [0, 0.1) is 5.92 Å². The molecule has 0 spiro atoms. The molecule has 6 heteroatoms. The van der Waals surface area contributed by atoms with E-state index in [1.54, 1.807) is 12.1 Å². The molecule has 1 atom stereocenters. The van der Waals surface area contributed by atoms with E-state index < -0.39 is 17.9 Å². The molecule has 1 N–H and O–H groups in total. The second-order valence-electron chi connectivity index (χ2n) is 5.50. The van der Waals surface area contributed by atoms with Gasteiger partial charge >= 0.3 is 5.97 Å². The largest absolute Gasteiger partial charge is 0.467 e. The summed E-state index contributed by atoms with van der Waals surface area (Å²) in [4.78, 5) is 24.5. The van der Waals surface area contributed by atoms with Crippen LogP contribution in [0.25, 0.3) is 0 Å². The molecule has 0 unspecified atom stereocenters. The summed E-state index contributed by atoms with van der Waals surface area (Å²) in [7, 11) is 1.33. The van der Waals surface area contributed by atoms with Gasteiger partial charge in [-0.3, -0.25) is 4.79 Å². The molecule has 2 rings (SSSR count). The summed E-state index contributed by atoms with van der Waals surface area (Å²) in [5.74, 6) is -0.727. The number of amides is 1. The van der Waals surface area contributed by atoms with Crippen molar-refractivity contribution >= 4 is 35.1 Å². The molecule has 1 aromatic rings. The molecule has 1 aliphatic rings. The van der Waals surface area contributed by atoms with Crippen molar-refractivity contribution in [3.05, 3.63) is 33.8 Å². The Morgan fingerprint density at radius 1 is 1.23 bits per heavy atom. The summed E-state index contributed by atoms with van der Waals surface area (Å²) in [5, 5.41) is 3.48. The molecule has 0 radical (unpaired) electrons. The molecule has 1 amide bonds. The molecule has 120 valence electrons. The molecule has 1 saturated carbocycles. The van der Waals surface area contributed by atoms with Crippen molar-refractivity contribution in [1.82, 2.24) is 5.32 Å². The lowest BCUT2D eigenvalue weighted by molar-refractivity contribution is -0.144. The highest BCUT2D eigenvalue weighted by molar-refractivity contribution is 6.35. The van der Waals surface area contributed by atoms with E-state index in [1.807, 2.05) is 0 Å². The monoisotopic (exact) mass is 343 g/mol. The van der Waals surface area contributed by atoms with Crippen molar-refractivity contribution < 1.29 is 14.3 Å². The number of carbonyl (C=O) groups is 2. The standard InChI is InChI=1S/C16H19Cl2NO3/c1-22-16(21)14(10-5-3-2-4-6-10)19-15(20)12-9-11(17)7-8-13(12)18/h7-10,14H,2-6H2,1H3,(H,19,20)/t14-/m1/s1. The maximum Gasteiger partial charge on any atom is 0.328 e. The third-order valence-corrected chi connectivity index (χ3v) is 4.60. The van der Waals surface area contributed by atoms with Crippen LogP contribution in [0.2, 0.25) is 10.0 Å². The lowest BCUT2D eigenvalue weighted by Crippen LogP contribution is -2.47. The highest BCUT2D eigenvalue weighted by Gasteiger charge is 2.32. The van der Waals surface area contributed by atoms with E-state index in [9.17, 15) is 9.59 Å². The Bertz CT molecular complexity index is 556. The third-order valence-electron chi connectivity index (χ3n) is 4.04. The Morgan fingerprint density at radius 2 is 1.91 bits per heavy atom. The minimum Gasteiger partial charge on any atom is -0.467 e. The topological polar surface area (TPSA) is 55.4 Å². The van der Waals surface area contributed by atoms with Gasteiger partial charge < -0.3 is 10.1 Å². The van der Waals surface area contributed by atoms with Gasteiger partial charge in [-0.2, -0.15) is 0 Å². The van der Waals surface area contributed by atoms with Gasteiger partial charge in [-0.1, -0.05) is 42.5 Å². The van der Waals surface area contributed by atoms with E-state index in [4.69, 9.17) is 27.9 Å². The smallest absolute Gasteiger partial charge is 0.328 e. The fraction of sp³-hybridized carbons (Fsp3) is 0.500. The molecule has 0 heterocycles. The molecule has 4 nitrogen and oxygen atoms in total. The summed E-state index contributed by atoms with van der Waals surface area (Å²) in [6.45, 7) is 0. The molecule has 1 fully saturated rings. The van der Waals surface area contributed by atoms with Gasteiger partial charge in [-0.25, -0.2) is 4.79 Å². The van der Waals surface area contributed by atoms with Gasteiger partial charge in [-0.05, 0) is 37.0 Å². The Morgan fingerprint density at radius 3 is 2.55 bits per heavy atom. The summed E-state index contributed by atoms with van der Waals surface area (Å²) < 4.78 is 4.84. The molecule has 1 aromatic carbocycles. The summed E-state index contributed by atoms with van der Waals surface area (Å²) in [6.07, 6.45) is 5.10. The van der Waals surface area contributed by atoms with Crippen LogP contribution in [0.4, 0.5) is 0 Å². The summed E-state index contributed by atoms with van der Waals surface area (Å²) >= 11 is 11.9. The van der Waals surface area contributed by atoms with Crippen molar-refractivity contribution in [1.29, 1.82) is 0 Å². The molecule has 0 bridgehead atoms. The molecule has 1 aliphatic carbocycles. The first-order valence-corrected chi connectivity index (χ1v) is 8.12. The van der Waals surface area contributed by atoms with Gasteiger partial charge in [0.05, 0.1) is 17.7 Å². The molecular formula is C16H19Cl2NO3. The molecule has 22 heavy (non-hydrogen) atoms. The number of carbonyl (C=O) groups excluding carboxylic acids is 2. The third kappa shape index (κ3) is 4.14. The normalized spacial score (nSPS) is 16.9. The number of nitrogens with one attached hydrogen (secondary N) is 1. The quantitative estimate of drug-likeness (QED) is 0.845. The van der Waals surface area contributed by atoms with Crippen LogP contribution in [0.5, 0.6) is 0 Å². The zero-order chi connectivity index (χ0) is 16.1. The van der Waals surface area contributed by atoms with Crippen molar-refractivity contribution in [2.24, 2.45) is 5.92 Å². The van der Waals surface area contributed by atoms with E-state index in [0.717, 1.165) is 25.7 Å². The lowest BCUT2D eigenvalue weighted by Gasteiger charge is -2.29. The number of hydrogen-bond acceptors (Lipinski definition) is 3. The average molecular weight is 344 g/mol. The molecular weight excluding hydrogens is 325 g/mol. The van der Waals surface area contributed by atoms with Gasteiger partial charge in [0, 0.05) is 5.02 Å². The van der Waals surface area contributed by atoms with Crippen molar-refractivity contribution in [3.63, 3.8) is 0 Å². The summed E-state index contributed by atoms with van der Waals surface area (Å²) in [5.41, 5.74) is 0.263. The maximum absolute atomic E-state index is 12.4. The fourth-order valence-corrected chi connectivity index (χ4v) is 3.23. The first kappa shape index (κ1) is 17.1. The zero-order valence-corrected chi connectivity index (χ0v) is 13.9. The average Bonchev–Trinajstić information content (AvgIpc) is 2.54. The highest BCUT2D eigenvalue weighted by Crippen LogP contribution is 2.28. The number of methoxy groups -OCH3 is 1. The van der Waals surface area contributed by atoms with Crippen LogP contribution in [0.15, 0.2) is 18.2 Å². The fourth-order valence-electron chi connectivity index (χ4n) is 2.85. The number of benzene rings is 1. The Hall–Kier alpha value is -1.26. The Labute approximate surface area is 140 Å². The van der Waals surface area contributed by atoms with Crippen LogP contribution in [-0.2, 0) is 9.53 Å². The van der Waals surface area contributed by atoms with Gasteiger partial charge in [0.2, 0.25) is 0 Å². The van der Waals surface area contributed by atoms with Gasteiger partial charge in [0.15, 0.2) is 0 Å². The maximum atomic E-state index is 12.4. The van der Waals surface area contributed by atoms with E-state index in [2.05, 4.69) is 5.32 Å². The number of rotatable bonds is 4. The first-order chi connectivity index (χ1) is 10.5. The van der Waals surface area contributed by atoms with Crippen LogP contribution in [-0.4, -0.2) is 25.0 Å². The molecule has 0 aromatic heterocycles. The predicted octanol–water partition coefficient (Wildman–Crippen LogP) is 3.85. The van der Waals surface area contributed by atoms with Gasteiger partial charge in [-0.15, -0.1) is 0 Å². The SMILES string of the molecule is COC(=O)[C@H](NC(=O)c1cc(Cl)ccc1Cl)C1CCCCC1. The van der Waals surface area contributed by atoms with Crippen LogP contribution >= 0.6 is 23.2 Å². The second kappa shape index (κ2) is 7.84. The summed E-state index contributed by atoms with van der Waals surface area (Å²) in [6, 6.07) is 4.02. The van der Waals surface area contributed by atoms with Gasteiger partial charge in [0.25, 0.3) is 5.91 Å². The number of esters is 1. The van der Waals surface area contributed by atoms with E-state index in [1.165, 1.54) is 19.6 Å². The molecule has 0 aliphatic heterocycles. The first-order valence-electron chi connectivity index (χ1n) is 7.36. The second-order valence-corrected chi connectivity index (χ2v) is 6.34. The van der Waals surface area contributed by atoms with E-state index >= 15 is 0 Å². The van der Waals surface area contributed by atoms with Crippen molar-refractivity contribution in [2.75, 3.05) is 7.11 Å². The molecule has 0 saturated heterocycles. The van der Waals surface area contributed by atoms with Crippen LogP contribution in [0.3, 0.4) is 0 Å². The Balaban J connectivity index is 2.17.